The van der Waals surface area contributed by atoms with Crippen molar-refractivity contribution in [3.8, 4) is 0 Å². The number of nitrogens with zero attached hydrogens (tertiary/aromatic N) is 1. The molecule has 3 nitrogen and oxygen atoms in total. The van der Waals surface area contributed by atoms with Crippen molar-refractivity contribution in [2.24, 2.45) is 0 Å². The Morgan fingerprint density at radius 2 is 1.57 bits per heavy atom. The van der Waals surface area contributed by atoms with E-state index in [1.54, 1.807) is 0 Å². The van der Waals surface area contributed by atoms with E-state index >= 15 is 0 Å². The van der Waals surface area contributed by atoms with Gasteiger partial charge in [-0.05, 0) is 30.2 Å². The first-order valence-corrected chi connectivity index (χ1v) is 7.12. The number of carbonyl (C=O) groups excluding carboxylic acids is 1. The van der Waals surface area contributed by atoms with Gasteiger partial charge in [-0.2, -0.15) is 0 Å². The number of hydrogen-bond acceptors (Lipinski definition) is 3. The van der Waals surface area contributed by atoms with Crippen LogP contribution < -0.4 is 4.90 Å². The van der Waals surface area contributed by atoms with Gasteiger partial charge in [-0.3, -0.25) is 4.79 Å². The van der Waals surface area contributed by atoms with Crippen molar-refractivity contribution in [3.05, 3.63) is 65.7 Å². The Morgan fingerprint density at radius 1 is 1.00 bits per heavy atom. The summed E-state index contributed by atoms with van der Waals surface area (Å²) in [6, 6.07) is 17.8. The van der Waals surface area contributed by atoms with Crippen LogP contribution in [0.1, 0.15) is 24.0 Å². The minimum Gasteiger partial charge on any atom is -0.465 e. The smallest absolute Gasteiger partial charge is 0.317 e. The number of benzene rings is 2. The second kappa shape index (κ2) is 6.93. The molecule has 2 aromatic rings. The fourth-order valence-corrected chi connectivity index (χ4v) is 2.30. The van der Waals surface area contributed by atoms with Crippen LogP contribution in [0.15, 0.2) is 54.6 Å². The molecule has 0 aliphatic heterocycles. The second-order valence-electron chi connectivity index (χ2n) is 5.08. The molecule has 0 amide bonds. The average molecular weight is 283 g/mol. The number of anilines is 1. The Kier molecular flexibility index (Phi) is 4.99. The summed E-state index contributed by atoms with van der Waals surface area (Å²) in [4.78, 5) is 14.4. The molecule has 0 saturated heterocycles. The maximum atomic E-state index is 12.3. The van der Waals surface area contributed by atoms with Crippen LogP contribution in [0.4, 0.5) is 5.69 Å². The predicted octanol–water partition coefficient (Wildman–Crippen LogP) is 3.45. The maximum Gasteiger partial charge on any atom is 0.317 e. The van der Waals surface area contributed by atoms with Gasteiger partial charge in [0.2, 0.25) is 0 Å². The standard InChI is InChI=1S/C18H21NO2/c1-4-21-18(20)17(14-8-6-5-7-9-14)15-10-12-16(13-11-15)19(2)3/h5-13,17H,4H2,1-3H3. The van der Waals surface area contributed by atoms with Crippen LogP contribution in [0.3, 0.4) is 0 Å². The van der Waals surface area contributed by atoms with E-state index in [0.717, 1.165) is 16.8 Å². The van der Waals surface area contributed by atoms with Crippen molar-refractivity contribution >= 4 is 11.7 Å². The normalized spacial score (nSPS) is 11.8. The first-order chi connectivity index (χ1) is 10.1. The van der Waals surface area contributed by atoms with Gasteiger partial charge in [0.25, 0.3) is 0 Å². The zero-order valence-electron chi connectivity index (χ0n) is 12.7. The summed E-state index contributed by atoms with van der Waals surface area (Å²) in [6.45, 7) is 2.22. The molecule has 0 fully saturated rings. The van der Waals surface area contributed by atoms with Crippen molar-refractivity contribution in [3.63, 3.8) is 0 Å². The van der Waals surface area contributed by atoms with Gasteiger partial charge in [0.15, 0.2) is 0 Å². The first-order valence-electron chi connectivity index (χ1n) is 7.12. The van der Waals surface area contributed by atoms with Crippen LogP contribution in [0.5, 0.6) is 0 Å². The molecule has 0 radical (unpaired) electrons. The highest BCUT2D eigenvalue weighted by Crippen LogP contribution is 2.27. The van der Waals surface area contributed by atoms with Gasteiger partial charge < -0.3 is 9.64 Å². The zero-order valence-corrected chi connectivity index (χ0v) is 12.7. The van der Waals surface area contributed by atoms with Gasteiger partial charge >= 0.3 is 5.97 Å². The van der Waals surface area contributed by atoms with E-state index < -0.39 is 0 Å². The summed E-state index contributed by atoms with van der Waals surface area (Å²) < 4.78 is 5.24. The largest absolute Gasteiger partial charge is 0.465 e. The molecular formula is C18H21NO2. The Labute approximate surface area is 126 Å². The van der Waals surface area contributed by atoms with Crippen molar-refractivity contribution in [2.75, 3.05) is 25.6 Å². The minimum atomic E-state index is -0.373. The van der Waals surface area contributed by atoms with E-state index in [4.69, 9.17) is 4.74 Å². The molecular weight excluding hydrogens is 262 g/mol. The topological polar surface area (TPSA) is 29.5 Å². The Bertz CT molecular complexity index is 576. The van der Waals surface area contributed by atoms with Crippen LogP contribution in [-0.4, -0.2) is 26.7 Å². The van der Waals surface area contributed by atoms with Gasteiger partial charge in [0.1, 0.15) is 5.92 Å². The van der Waals surface area contributed by atoms with E-state index in [2.05, 4.69) is 0 Å². The van der Waals surface area contributed by atoms with Crippen molar-refractivity contribution in [1.82, 2.24) is 0 Å². The van der Waals surface area contributed by atoms with Crippen molar-refractivity contribution < 1.29 is 9.53 Å². The molecule has 0 heterocycles. The van der Waals surface area contributed by atoms with Gasteiger partial charge in [-0.1, -0.05) is 42.5 Å². The Morgan fingerprint density at radius 3 is 2.10 bits per heavy atom. The lowest BCUT2D eigenvalue weighted by molar-refractivity contribution is -0.143. The highest BCUT2D eigenvalue weighted by molar-refractivity contribution is 5.82. The van der Waals surface area contributed by atoms with Gasteiger partial charge in [-0.15, -0.1) is 0 Å². The third-order valence-electron chi connectivity index (χ3n) is 3.40. The lowest BCUT2D eigenvalue weighted by Gasteiger charge is -2.18. The van der Waals surface area contributed by atoms with Crippen molar-refractivity contribution in [2.45, 2.75) is 12.8 Å². The van der Waals surface area contributed by atoms with Crippen LogP contribution in [0, 0.1) is 0 Å². The number of hydrogen-bond donors (Lipinski definition) is 0. The minimum absolute atomic E-state index is 0.207. The molecule has 110 valence electrons. The molecule has 0 N–H and O–H groups in total. The lowest BCUT2D eigenvalue weighted by atomic mass is 9.91. The molecule has 2 aromatic carbocycles. The molecule has 1 atom stereocenters. The first kappa shape index (κ1) is 15.1. The quantitative estimate of drug-likeness (QED) is 0.787. The lowest BCUT2D eigenvalue weighted by Crippen LogP contribution is -2.17. The molecule has 0 bridgehead atoms. The van der Waals surface area contributed by atoms with Crippen LogP contribution in [-0.2, 0) is 9.53 Å². The molecule has 2 rings (SSSR count). The fourth-order valence-electron chi connectivity index (χ4n) is 2.30. The summed E-state index contributed by atoms with van der Waals surface area (Å²) in [5.41, 5.74) is 3.01. The highest BCUT2D eigenvalue weighted by Gasteiger charge is 2.23. The molecule has 0 saturated carbocycles. The average Bonchev–Trinajstić information content (AvgIpc) is 2.49. The molecule has 0 aliphatic carbocycles. The Balaban J connectivity index is 2.37. The fraction of sp³-hybridized carbons (Fsp3) is 0.278. The molecule has 0 aliphatic rings. The third-order valence-corrected chi connectivity index (χ3v) is 3.40. The van der Waals surface area contributed by atoms with Crippen molar-refractivity contribution in [1.29, 1.82) is 0 Å². The Hall–Kier alpha value is -2.29. The molecule has 21 heavy (non-hydrogen) atoms. The van der Waals surface area contributed by atoms with E-state index in [1.165, 1.54) is 0 Å². The predicted molar refractivity (Wildman–Crippen MR) is 85.7 cm³/mol. The number of rotatable bonds is 5. The molecule has 0 spiro atoms. The van der Waals surface area contributed by atoms with E-state index in [0.29, 0.717) is 6.61 Å². The van der Waals surface area contributed by atoms with Crippen LogP contribution in [0.2, 0.25) is 0 Å². The zero-order chi connectivity index (χ0) is 15.2. The highest BCUT2D eigenvalue weighted by atomic mass is 16.5. The van der Waals surface area contributed by atoms with Crippen LogP contribution >= 0.6 is 0 Å². The SMILES string of the molecule is CCOC(=O)C(c1ccccc1)c1ccc(N(C)C)cc1. The number of ether oxygens (including phenoxy) is 1. The summed E-state index contributed by atoms with van der Waals surface area (Å²) in [7, 11) is 3.99. The van der Waals surface area contributed by atoms with E-state index in [1.807, 2.05) is 80.5 Å². The summed E-state index contributed by atoms with van der Waals surface area (Å²) in [5, 5.41) is 0. The summed E-state index contributed by atoms with van der Waals surface area (Å²) in [5.74, 6) is -0.580. The summed E-state index contributed by atoms with van der Waals surface area (Å²) in [6.07, 6.45) is 0. The molecule has 0 aromatic heterocycles. The van der Waals surface area contributed by atoms with E-state index in [9.17, 15) is 4.79 Å². The number of carbonyl (C=O) groups is 1. The second-order valence-corrected chi connectivity index (χ2v) is 5.08. The maximum absolute atomic E-state index is 12.3. The summed E-state index contributed by atoms with van der Waals surface area (Å²) >= 11 is 0. The van der Waals surface area contributed by atoms with E-state index in [-0.39, 0.29) is 11.9 Å². The molecule has 1 unspecified atom stereocenters. The van der Waals surface area contributed by atoms with Gasteiger partial charge in [0, 0.05) is 19.8 Å². The monoisotopic (exact) mass is 283 g/mol. The van der Waals surface area contributed by atoms with Gasteiger partial charge in [0.05, 0.1) is 6.61 Å². The number of esters is 1. The van der Waals surface area contributed by atoms with Gasteiger partial charge in [-0.25, -0.2) is 0 Å². The van der Waals surface area contributed by atoms with Crippen LogP contribution in [0.25, 0.3) is 0 Å². The third kappa shape index (κ3) is 3.63. The molecule has 3 heteroatoms.